The third-order valence-corrected chi connectivity index (χ3v) is 3.04. The van der Waals surface area contributed by atoms with E-state index in [-0.39, 0.29) is 5.41 Å². The highest BCUT2D eigenvalue weighted by molar-refractivity contribution is 6.34. The Morgan fingerprint density at radius 1 is 1.45 bits per heavy atom. The summed E-state index contributed by atoms with van der Waals surface area (Å²) in [6.07, 6.45) is 0.961. The Morgan fingerprint density at radius 2 is 2.10 bits per heavy atom. The fraction of sp³-hybridized carbons (Fsp3) is 0.600. The van der Waals surface area contributed by atoms with Crippen molar-refractivity contribution in [3.8, 4) is 0 Å². The van der Waals surface area contributed by atoms with E-state index in [1.54, 1.807) is 13.0 Å². The number of hydrogen-bond donors (Lipinski definition) is 1. The largest absolute Gasteiger partial charge is 0.462 e. The van der Waals surface area contributed by atoms with Crippen LogP contribution in [0.4, 0.5) is 5.82 Å². The molecule has 0 spiro atoms. The second-order valence-electron chi connectivity index (χ2n) is 5.93. The average Bonchev–Trinajstić information content (AvgIpc) is 2.26. The van der Waals surface area contributed by atoms with Crippen molar-refractivity contribution in [2.24, 2.45) is 5.41 Å². The monoisotopic (exact) mass is 298 g/mol. The van der Waals surface area contributed by atoms with Crippen molar-refractivity contribution in [1.29, 1.82) is 0 Å². The Bertz CT molecular complexity index is 481. The fourth-order valence-electron chi connectivity index (χ4n) is 1.71. The molecule has 1 heterocycles. The maximum atomic E-state index is 12.0. The molecule has 0 saturated carbocycles. The van der Waals surface area contributed by atoms with Gasteiger partial charge in [-0.05, 0) is 31.7 Å². The molecule has 0 aliphatic heterocycles. The van der Waals surface area contributed by atoms with Gasteiger partial charge in [-0.15, -0.1) is 0 Å². The lowest BCUT2D eigenvalue weighted by Crippen LogP contribution is -2.17. The first-order valence-corrected chi connectivity index (χ1v) is 7.20. The second kappa shape index (κ2) is 6.93. The number of pyridine rings is 1. The second-order valence-corrected chi connectivity index (χ2v) is 6.33. The third kappa shape index (κ3) is 5.00. The predicted octanol–water partition coefficient (Wildman–Crippen LogP) is 4.07. The molecule has 20 heavy (non-hydrogen) atoms. The zero-order valence-electron chi connectivity index (χ0n) is 12.8. The Labute approximate surface area is 125 Å². The highest BCUT2D eigenvalue weighted by Crippen LogP contribution is 2.26. The number of anilines is 1. The molecule has 1 rings (SSSR count). The standard InChI is InChI=1S/C15H23ClN2O2/c1-6-20-14(19)12-11(16)9-10(2)18-13(12)17-8-7-15(3,4)5/h9H,6-8H2,1-5H3,(H,17,18). The number of aryl methyl sites for hydroxylation is 1. The number of aromatic nitrogens is 1. The van der Waals surface area contributed by atoms with Crippen LogP contribution in [0.2, 0.25) is 5.02 Å². The molecule has 0 bridgehead atoms. The molecule has 1 aromatic rings. The lowest BCUT2D eigenvalue weighted by Gasteiger charge is -2.19. The summed E-state index contributed by atoms with van der Waals surface area (Å²) in [6.45, 7) is 11.1. The van der Waals surface area contributed by atoms with Crippen molar-refractivity contribution in [1.82, 2.24) is 4.98 Å². The van der Waals surface area contributed by atoms with E-state index in [0.29, 0.717) is 23.0 Å². The molecule has 5 heteroatoms. The van der Waals surface area contributed by atoms with Crippen molar-refractivity contribution in [2.45, 2.75) is 41.0 Å². The first-order valence-electron chi connectivity index (χ1n) is 6.82. The Kier molecular flexibility index (Phi) is 5.81. The lowest BCUT2D eigenvalue weighted by atomic mass is 9.92. The van der Waals surface area contributed by atoms with Crippen LogP contribution in [-0.2, 0) is 4.74 Å². The molecule has 0 aromatic carbocycles. The third-order valence-electron chi connectivity index (χ3n) is 2.75. The number of rotatable bonds is 5. The molecule has 0 atom stereocenters. The molecule has 0 unspecified atom stereocenters. The first-order chi connectivity index (χ1) is 9.24. The van der Waals surface area contributed by atoms with E-state index >= 15 is 0 Å². The molecular formula is C15H23ClN2O2. The molecule has 4 nitrogen and oxygen atoms in total. The summed E-state index contributed by atoms with van der Waals surface area (Å²) in [5.74, 6) is 0.0564. The predicted molar refractivity (Wildman–Crippen MR) is 82.5 cm³/mol. The maximum Gasteiger partial charge on any atom is 0.343 e. The number of nitrogens with zero attached hydrogens (tertiary/aromatic N) is 1. The average molecular weight is 299 g/mol. The van der Waals surface area contributed by atoms with Gasteiger partial charge < -0.3 is 10.1 Å². The molecule has 112 valence electrons. The smallest absolute Gasteiger partial charge is 0.343 e. The highest BCUT2D eigenvalue weighted by Gasteiger charge is 2.19. The Hall–Kier alpha value is -1.29. The lowest BCUT2D eigenvalue weighted by molar-refractivity contribution is 0.0527. The number of carbonyl (C=O) groups is 1. The minimum atomic E-state index is -0.441. The van der Waals surface area contributed by atoms with Crippen LogP contribution in [-0.4, -0.2) is 24.1 Å². The number of halogens is 1. The van der Waals surface area contributed by atoms with Crippen molar-refractivity contribution < 1.29 is 9.53 Å². The molecule has 1 N–H and O–H groups in total. The summed E-state index contributed by atoms with van der Waals surface area (Å²) in [5.41, 5.74) is 1.29. The van der Waals surface area contributed by atoms with Crippen LogP contribution in [0.25, 0.3) is 0 Å². The molecule has 0 aliphatic carbocycles. The number of hydrogen-bond acceptors (Lipinski definition) is 4. The van der Waals surface area contributed by atoms with Crippen LogP contribution < -0.4 is 5.32 Å². The number of carbonyl (C=O) groups excluding carboxylic acids is 1. The van der Waals surface area contributed by atoms with E-state index < -0.39 is 5.97 Å². The van der Waals surface area contributed by atoms with Crippen LogP contribution in [0.5, 0.6) is 0 Å². The SMILES string of the molecule is CCOC(=O)c1c(Cl)cc(C)nc1NCCC(C)(C)C. The van der Waals surface area contributed by atoms with Gasteiger partial charge in [-0.3, -0.25) is 0 Å². The Balaban J connectivity index is 2.95. The number of ether oxygens (including phenoxy) is 1. The van der Waals surface area contributed by atoms with Gasteiger partial charge in [-0.25, -0.2) is 9.78 Å². The summed E-state index contributed by atoms with van der Waals surface area (Å²) in [4.78, 5) is 16.3. The molecule has 0 amide bonds. The molecular weight excluding hydrogens is 276 g/mol. The molecule has 0 saturated heterocycles. The quantitative estimate of drug-likeness (QED) is 0.833. The van der Waals surface area contributed by atoms with Crippen molar-refractivity contribution in [3.63, 3.8) is 0 Å². The summed E-state index contributed by atoms with van der Waals surface area (Å²) in [6, 6.07) is 1.67. The van der Waals surface area contributed by atoms with Gasteiger partial charge in [0.25, 0.3) is 0 Å². The maximum absolute atomic E-state index is 12.0. The number of nitrogens with one attached hydrogen (secondary N) is 1. The highest BCUT2D eigenvalue weighted by atomic mass is 35.5. The van der Waals surface area contributed by atoms with Crippen LogP contribution >= 0.6 is 11.6 Å². The van der Waals surface area contributed by atoms with Gasteiger partial charge in [-0.1, -0.05) is 32.4 Å². The molecule has 1 aromatic heterocycles. The summed E-state index contributed by atoms with van der Waals surface area (Å²) >= 11 is 6.15. The summed E-state index contributed by atoms with van der Waals surface area (Å²) in [5, 5.41) is 3.56. The van der Waals surface area contributed by atoms with Crippen LogP contribution in [0.15, 0.2) is 6.07 Å². The van der Waals surface area contributed by atoms with Crippen LogP contribution in [0, 0.1) is 12.3 Å². The van der Waals surface area contributed by atoms with Crippen molar-refractivity contribution in [2.75, 3.05) is 18.5 Å². The Morgan fingerprint density at radius 3 is 2.65 bits per heavy atom. The zero-order valence-corrected chi connectivity index (χ0v) is 13.6. The van der Waals surface area contributed by atoms with E-state index in [2.05, 4.69) is 31.1 Å². The molecule has 0 aliphatic rings. The zero-order chi connectivity index (χ0) is 15.3. The van der Waals surface area contributed by atoms with Crippen molar-refractivity contribution >= 4 is 23.4 Å². The van der Waals surface area contributed by atoms with E-state index in [0.717, 1.165) is 18.7 Å². The minimum absolute atomic E-state index is 0.213. The first kappa shape index (κ1) is 16.8. The van der Waals surface area contributed by atoms with Crippen LogP contribution in [0.1, 0.15) is 50.2 Å². The van der Waals surface area contributed by atoms with Crippen molar-refractivity contribution in [3.05, 3.63) is 22.3 Å². The van der Waals surface area contributed by atoms with Gasteiger partial charge in [0.1, 0.15) is 11.4 Å². The molecule has 0 fully saturated rings. The summed E-state index contributed by atoms with van der Waals surface area (Å²) in [7, 11) is 0. The van der Waals surface area contributed by atoms with E-state index in [4.69, 9.17) is 16.3 Å². The van der Waals surface area contributed by atoms with Gasteiger partial charge in [0.2, 0.25) is 0 Å². The fourth-order valence-corrected chi connectivity index (χ4v) is 2.04. The van der Waals surface area contributed by atoms with Crippen LogP contribution in [0.3, 0.4) is 0 Å². The summed E-state index contributed by atoms with van der Waals surface area (Å²) < 4.78 is 5.03. The number of esters is 1. The van der Waals surface area contributed by atoms with Gasteiger partial charge in [-0.2, -0.15) is 0 Å². The topological polar surface area (TPSA) is 51.2 Å². The van der Waals surface area contributed by atoms with E-state index in [1.165, 1.54) is 0 Å². The normalized spacial score (nSPS) is 11.3. The van der Waals surface area contributed by atoms with E-state index in [9.17, 15) is 4.79 Å². The van der Waals surface area contributed by atoms with Gasteiger partial charge >= 0.3 is 5.97 Å². The van der Waals surface area contributed by atoms with Gasteiger partial charge in [0.05, 0.1) is 11.6 Å². The minimum Gasteiger partial charge on any atom is -0.462 e. The van der Waals surface area contributed by atoms with Gasteiger partial charge in [0, 0.05) is 12.2 Å². The van der Waals surface area contributed by atoms with E-state index in [1.807, 2.05) is 6.92 Å². The van der Waals surface area contributed by atoms with Gasteiger partial charge in [0.15, 0.2) is 0 Å². The molecule has 0 radical (unpaired) electrons.